The van der Waals surface area contributed by atoms with Gasteiger partial charge in [0, 0.05) is 18.9 Å². The minimum Gasteiger partial charge on any atom is -0.379 e. The summed E-state index contributed by atoms with van der Waals surface area (Å²) in [7, 11) is -3.21. The fourth-order valence-electron chi connectivity index (χ4n) is 2.24. The van der Waals surface area contributed by atoms with Crippen molar-refractivity contribution in [2.24, 2.45) is 0 Å². The molecule has 18 heavy (non-hydrogen) atoms. The van der Waals surface area contributed by atoms with Gasteiger partial charge in [-0.25, -0.2) is 8.42 Å². The Kier molecular flexibility index (Phi) is 3.92. The molecule has 4 nitrogen and oxygen atoms in total. The molecule has 2 atom stereocenters. The minimum absolute atomic E-state index is 0.107. The molecule has 1 heterocycles. The second-order valence-corrected chi connectivity index (χ2v) is 6.74. The SMILES string of the molecule is CC(Nc1ccccc1S(C)(=O)=O)C1CCCO1. The van der Waals surface area contributed by atoms with E-state index in [9.17, 15) is 8.42 Å². The Bertz CT molecular complexity index is 507. The zero-order chi connectivity index (χ0) is 13.2. The van der Waals surface area contributed by atoms with Gasteiger partial charge in [-0.1, -0.05) is 12.1 Å². The molecule has 0 saturated carbocycles. The molecule has 100 valence electrons. The zero-order valence-electron chi connectivity index (χ0n) is 10.7. The van der Waals surface area contributed by atoms with E-state index in [1.165, 1.54) is 6.26 Å². The third-order valence-corrected chi connectivity index (χ3v) is 4.35. The molecule has 0 bridgehead atoms. The molecule has 0 amide bonds. The lowest BCUT2D eigenvalue weighted by atomic mass is 10.1. The number of hydrogen-bond donors (Lipinski definition) is 1. The lowest BCUT2D eigenvalue weighted by Gasteiger charge is -2.22. The van der Waals surface area contributed by atoms with Crippen LogP contribution < -0.4 is 5.32 Å². The van der Waals surface area contributed by atoms with Crippen LogP contribution in [0, 0.1) is 0 Å². The van der Waals surface area contributed by atoms with Crippen molar-refractivity contribution in [2.75, 3.05) is 18.2 Å². The molecule has 0 spiro atoms. The second kappa shape index (κ2) is 5.28. The quantitative estimate of drug-likeness (QED) is 0.909. The molecule has 1 aromatic carbocycles. The topological polar surface area (TPSA) is 55.4 Å². The van der Waals surface area contributed by atoms with Gasteiger partial charge in [-0.3, -0.25) is 0 Å². The summed E-state index contributed by atoms with van der Waals surface area (Å²) in [5.74, 6) is 0. The fraction of sp³-hybridized carbons (Fsp3) is 0.538. The molecule has 1 N–H and O–H groups in total. The van der Waals surface area contributed by atoms with Crippen LogP contribution in [0.25, 0.3) is 0 Å². The number of sulfone groups is 1. The normalized spacial score (nSPS) is 21.8. The van der Waals surface area contributed by atoms with Crippen LogP contribution in [-0.4, -0.2) is 33.4 Å². The summed E-state index contributed by atoms with van der Waals surface area (Å²) in [5.41, 5.74) is 0.656. The van der Waals surface area contributed by atoms with E-state index in [-0.39, 0.29) is 12.1 Å². The maximum absolute atomic E-state index is 11.7. The van der Waals surface area contributed by atoms with Crippen LogP contribution in [-0.2, 0) is 14.6 Å². The van der Waals surface area contributed by atoms with Crippen LogP contribution >= 0.6 is 0 Å². The molecule has 0 aromatic heterocycles. The van der Waals surface area contributed by atoms with Crippen molar-refractivity contribution in [2.45, 2.75) is 36.8 Å². The van der Waals surface area contributed by atoms with Crippen LogP contribution in [0.1, 0.15) is 19.8 Å². The zero-order valence-corrected chi connectivity index (χ0v) is 11.5. The number of rotatable bonds is 4. The summed E-state index contributed by atoms with van der Waals surface area (Å²) >= 11 is 0. The highest BCUT2D eigenvalue weighted by molar-refractivity contribution is 7.90. The van der Waals surface area contributed by atoms with E-state index in [1.54, 1.807) is 18.2 Å². The number of ether oxygens (including phenoxy) is 1. The van der Waals surface area contributed by atoms with Crippen LogP contribution in [0.15, 0.2) is 29.2 Å². The monoisotopic (exact) mass is 269 g/mol. The number of nitrogens with one attached hydrogen (secondary N) is 1. The predicted octanol–water partition coefficient (Wildman–Crippen LogP) is 2.07. The summed E-state index contributed by atoms with van der Waals surface area (Å²) < 4.78 is 29.0. The number of anilines is 1. The van der Waals surface area contributed by atoms with Crippen molar-refractivity contribution in [3.8, 4) is 0 Å². The third-order valence-electron chi connectivity index (χ3n) is 3.19. The summed E-state index contributed by atoms with van der Waals surface area (Å²) in [6, 6.07) is 7.09. The Labute approximate surface area is 108 Å². The first-order valence-electron chi connectivity index (χ1n) is 6.16. The van der Waals surface area contributed by atoms with Crippen LogP contribution in [0.3, 0.4) is 0 Å². The van der Waals surface area contributed by atoms with Gasteiger partial charge < -0.3 is 10.1 Å². The largest absolute Gasteiger partial charge is 0.379 e. The molecule has 2 unspecified atom stereocenters. The molecule has 1 aromatic rings. The van der Waals surface area contributed by atoms with Gasteiger partial charge in [0.2, 0.25) is 0 Å². The Balaban J connectivity index is 2.18. The van der Waals surface area contributed by atoms with E-state index in [2.05, 4.69) is 5.32 Å². The Hall–Kier alpha value is -1.07. The first kappa shape index (κ1) is 13.4. The average Bonchev–Trinajstić information content (AvgIpc) is 2.81. The Morgan fingerprint density at radius 2 is 2.11 bits per heavy atom. The Morgan fingerprint density at radius 1 is 1.39 bits per heavy atom. The van der Waals surface area contributed by atoms with Crippen molar-refractivity contribution >= 4 is 15.5 Å². The van der Waals surface area contributed by atoms with E-state index in [1.807, 2.05) is 13.0 Å². The van der Waals surface area contributed by atoms with E-state index >= 15 is 0 Å². The molecule has 0 radical (unpaired) electrons. The van der Waals surface area contributed by atoms with E-state index < -0.39 is 9.84 Å². The predicted molar refractivity (Wildman–Crippen MR) is 71.6 cm³/mol. The van der Waals surface area contributed by atoms with Gasteiger partial charge in [0.1, 0.15) is 0 Å². The molecular weight excluding hydrogens is 250 g/mol. The van der Waals surface area contributed by atoms with Gasteiger partial charge in [-0.05, 0) is 31.9 Å². The smallest absolute Gasteiger partial charge is 0.177 e. The highest BCUT2D eigenvalue weighted by atomic mass is 32.2. The molecule has 0 aliphatic carbocycles. The van der Waals surface area contributed by atoms with E-state index in [0.29, 0.717) is 10.6 Å². The van der Waals surface area contributed by atoms with Crippen molar-refractivity contribution < 1.29 is 13.2 Å². The molecule has 2 rings (SSSR count). The van der Waals surface area contributed by atoms with E-state index in [4.69, 9.17) is 4.74 Å². The number of benzene rings is 1. The van der Waals surface area contributed by atoms with Crippen LogP contribution in [0.5, 0.6) is 0 Å². The van der Waals surface area contributed by atoms with Gasteiger partial charge in [-0.2, -0.15) is 0 Å². The lowest BCUT2D eigenvalue weighted by Crippen LogP contribution is -2.30. The first-order chi connectivity index (χ1) is 8.48. The first-order valence-corrected chi connectivity index (χ1v) is 8.05. The van der Waals surface area contributed by atoms with Crippen LogP contribution in [0.4, 0.5) is 5.69 Å². The van der Waals surface area contributed by atoms with Crippen molar-refractivity contribution in [3.63, 3.8) is 0 Å². The van der Waals surface area contributed by atoms with Gasteiger partial charge in [0.15, 0.2) is 9.84 Å². The van der Waals surface area contributed by atoms with Gasteiger partial charge in [0.25, 0.3) is 0 Å². The molecule has 1 aliphatic rings. The van der Waals surface area contributed by atoms with Crippen molar-refractivity contribution in [1.82, 2.24) is 0 Å². The second-order valence-electron chi connectivity index (χ2n) is 4.75. The minimum atomic E-state index is -3.21. The highest BCUT2D eigenvalue weighted by Gasteiger charge is 2.23. The standard InChI is InChI=1S/C13H19NO3S/c1-10(12-7-5-9-17-12)14-11-6-3-4-8-13(11)18(2,15)16/h3-4,6,8,10,12,14H,5,7,9H2,1-2H3. The van der Waals surface area contributed by atoms with E-state index in [0.717, 1.165) is 19.4 Å². The van der Waals surface area contributed by atoms with Gasteiger partial charge in [-0.15, -0.1) is 0 Å². The molecule has 1 saturated heterocycles. The maximum Gasteiger partial charge on any atom is 0.177 e. The van der Waals surface area contributed by atoms with Gasteiger partial charge >= 0.3 is 0 Å². The Morgan fingerprint density at radius 3 is 2.72 bits per heavy atom. The molecule has 1 aliphatic heterocycles. The third kappa shape index (κ3) is 3.03. The summed E-state index contributed by atoms with van der Waals surface area (Å²) in [6.45, 7) is 2.82. The number of hydrogen-bond acceptors (Lipinski definition) is 4. The average molecular weight is 269 g/mol. The summed E-state index contributed by atoms with van der Waals surface area (Å²) in [6.07, 6.45) is 3.49. The number of para-hydroxylation sites is 1. The highest BCUT2D eigenvalue weighted by Crippen LogP contribution is 2.24. The summed E-state index contributed by atoms with van der Waals surface area (Å²) in [5, 5.41) is 3.25. The maximum atomic E-state index is 11.7. The molecule has 5 heteroatoms. The van der Waals surface area contributed by atoms with Crippen molar-refractivity contribution in [3.05, 3.63) is 24.3 Å². The summed E-state index contributed by atoms with van der Waals surface area (Å²) in [4.78, 5) is 0.342. The van der Waals surface area contributed by atoms with Crippen LogP contribution in [0.2, 0.25) is 0 Å². The van der Waals surface area contributed by atoms with Crippen molar-refractivity contribution in [1.29, 1.82) is 0 Å². The lowest BCUT2D eigenvalue weighted by molar-refractivity contribution is 0.0996. The van der Waals surface area contributed by atoms with Gasteiger partial charge in [0.05, 0.1) is 16.7 Å². The fourth-order valence-corrected chi connectivity index (χ4v) is 3.10. The molecule has 1 fully saturated rings. The molecular formula is C13H19NO3S.